The Balaban J connectivity index is 2.18. The Morgan fingerprint density at radius 3 is 2.78 bits per heavy atom. The second-order valence-electron chi connectivity index (χ2n) is 5.09. The molecule has 2 aromatic rings. The first-order chi connectivity index (χ1) is 8.35. The van der Waals surface area contributed by atoms with Crippen molar-refractivity contribution in [3.63, 3.8) is 0 Å². The molecule has 0 unspecified atom stereocenters. The Kier molecular flexibility index (Phi) is 3.43. The highest BCUT2D eigenvalue weighted by molar-refractivity contribution is 9.10. The zero-order chi connectivity index (χ0) is 13.3. The van der Waals surface area contributed by atoms with Gasteiger partial charge in [-0.25, -0.2) is 0 Å². The van der Waals surface area contributed by atoms with Crippen LogP contribution in [0.2, 0.25) is 0 Å². The summed E-state index contributed by atoms with van der Waals surface area (Å²) in [5.74, 6) is -0.286. The van der Waals surface area contributed by atoms with Crippen LogP contribution in [0, 0.1) is 0 Å². The molecule has 2 rings (SSSR count). The van der Waals surface area contributed by atoms with Crippen LogP contribution in [-0.2, 0) is 16.1 Å². The van der Waals surface area contributed by atoms with E-state index in [1.54, 1.807) is 4.68 Å². The van der Waals surface area contributed by atoms with E-state index in [4.69, 9.17) is 4.74 Å². The van der Waals surface area contributed by atoms with Gasteiger partial charge in [0.2, 0.25) is 0 Å². The zero-order valence-electron chi connectivity index (χ0n) is 10.6. The van der Waals surface area contributed by atoms with Gasteiger partial charge in [-0.05, 0) is 42.8 Å². The van der Waals surface area contributed by atoms with Crippen molar-refractivity contribution < 1.29 is 9.53 Å². The molecule has 0 amide bonds. The molecule has 0 saturated carbocycles. The summed E-state index contributed by atoms with van der Waals surface area (Å²) in [5, 5.41) is 5.34. The second-order valence-corrected chi connectivity index (χ2v) is 5.95. The van der Waals surface area contributed by atoms with Crippen molar-refractivity contribution in [2.75, 3.05) is 0 Å². The fourth-order valence-electron chi connectivity index (χ4n) is 1.65. The molecule has 0 N–H and O–H groups in total. The standard InChI is InChI=1S/C13H15BrN2O2/c1-13(2,3)18-11(17)8-16-7-9-5-4-6-10(14)12(9)15-16/h4-7H,8H2,1-3H3. The molecule has 0 aliphatic heterocycles. The predicted molar refractivity (Wildman–Crippen MR) is 73.3 cm³/mol. The maximum Gasteiger partial charge on any atom is 0.328 e. The molecule has 0 radical (unpaired) electrons. The number of fused-ring (bicyclic) bond motifs is 1. The molecule has 0 saturated heterocycles. The second kappa shape index (κ2) is 4.72. The van der Waals surface area contributed by atoms with E-state index in [-0.39, 0.29) is 12.5 Å². The largest absolute Gasteiger partial charge is 0.459 e. The van der Waals surface area contributed by atoms with Crippen LogP contribution in [-0.4, -0.2) is 21.4 Å². The van der Waals surface area contributed by atoms with E-state index < -0.39 is 5.60 Å². The van der Waals surface area contributed by atoms with Gasteiger partial charge in [0, 0.05) is 16.1 Å². The van der Waals surface area contributed by atoms with Gasteiger partial charge in [0.05, 0.1) is 0 Å². The number of halogens is 1. The molecule has 1 heterocycles. The predicted octanol–water partition coefficient (Wildman–Crippen LogP) is 3.14. The van der Waals surface area contributed by atoms with Gasteiger partial charge >= 0.3 is 5.97 Å². The van der Waals surface area contributed by atoms with Crippen LogP contribution in [0.5, 0.6) is 0 Å². The third-order valence-electron chi connectivity index (χ3n) is 2.25. The Morgan fingerprint density at radius 2 is 2.17 bits per heavy atom. The number of aromatic nitrogens is 2. The Hall–Kier alpha value is -1.36. The summed E-state index contributed by atoms with van der Waals surface area (Å²) < 4.78 is 7.78. The van der Waals surface area contributed by atoms with Crippen LogP contribution >= 0.6 is 15.9 Å². The van der Waals surface area contributed by atoms with Crippen molar-refractivity contribution in [3.05, 3.63) is 28.9 Å². The van der Waals surface area contributed by atoms with Crippen molar-refractivity contribution in [1.29, 1.82) is 0 Å². The number of ether oxygens (including phenoxy) is 1. The number of hydrogen-bond donors (Lipinski definition) is 0. The van der Waals surface area contributed by atoms with Gasteiger partial charge in [-0.1, -0.05) is 12.1 Å². The number of carbonyl (C=O) groups excluding carboxylic acids is 1. The number of esters is 1. The average molecular weight is 311 g/mol. The van der Waals surface area contributed by atoms with E-state index in [0.29, 0.717) is 0 Å². The minimum atomic E-state index is -0.468. The van der Waals surface area contributed by atoms with E-state index in [9.17, 15) is 4.79 Å². The van der Waals surface area contributed by atoms with Crippen molar-refractivity contribution in [2.24, 2.45) is 0 Å². The molecule has 18 heavy (non-hydrogen) atoms. The summed E-state index contributed by atoms with van der Waals surface area (Å²) in [5.41, 5.74) is 0.380. The number of carbonyl (C=O) groups is 1. The molecule has 5 heteroatoms. The molecule has 0 fully saturated rings. The van der Waals surface area contributed by atoms with Gasteiger partial charge in [-0.15, -0.1) is 0 Å². The molecule has 0 atom stereocenters. The van der Waals surface area contributed by atoms with E-state index in [1.807, 2.05) is 45.2 Å². The lowest BCUT2D eigenvalue weighted by Gasteiger charge is -2.19. The molecular weight excluding hydrogens is 296 g/mol. The lowest BCUT2D eigenvalue weighted by Crippen LogP contribution is -2.26. The van der Waals surface area contributed by atoms with E-state index in [0.717, 1.165) is 15.4 Å². The third kappa shape index (κ3) is 3.10. The highest BCUT2D eigenvalue weighted by Crippen LogP contribution is 2.21. The van der Waals surface area contributed by atoms with Crippen molar-refractivity contribution in [3.8, 4) is 0 Å². The highest BCUT2D eigenvalue weighted by Gasteiger charge is 2.17. The molecule has 1 aromatic heterocycles. The Morgan fingerprint density at radius 1 is 1.44 bits per heavy atom. The first kappa shape index (κ1) is 13.1. The van der Waals surface area contributed by atoms with Gasteiger partial charge in [0.1, 0.15) is 17.7 Å². The number of hydrogen-bond acceptors (Lipinski definition) is 3. The number of nitrogens with zero attached hydrogens (tertiary/aromatic N) is 2. The Bertz CT molecular complexity index is 584. The Labute approximate surface area is 114 Å². The van der Waals surface area contributed by atoms with E-state index in [2.05, 4.69) is 21.0 Å². The van der Waals surface area contributed by atoms with Crippen LogP contribution < -0.4 is 0 Å². The van der Waals surface area contributed by atoms with E-state index >= 15 is 0 Å². The van der Waals surface area contributed by atoms with Crippen LogP contribution in [0.4, 0.5) is 0 Å². The minimum Gasteiger partial charge on any atom is -0.459 e. The highest BCUT2D eigenvalue weighted by atomic mass is 79.9. The lowest BCUT2D eigenvalue weighted by atomic mass is 10.2. The van der Waals surface area contributed by atoms with Crippen LogP contribution in [0.15, 0.2) is 28.9 Å². The van der Waals surface area contributed by atoms with Crippen LogP contribution in [0.1, 0.15) is 20.8 Å². The summed E-state index contributed by atoms with van der Waals surface area (Å²) in [6, 6.07) is 5.82. The van der Waals surface area contributed by atoms with Crippen molar-refractivity contribution >= 4 is 32.8 Å². The molecule has 1 aromatic carbocycles. The van der Waals surface area contributed by atoms with E-state index in [1.165, 1.54) is 0 Å². The first-order valence-electron chi connectivity index (χ1n) is 5.69. The third-order valence-corrected chi connectivity index (χ3v) is 2.89. The molecule has 0 aliphatic carbocycles. The average Bonchev–Trinajstić information content (AvgIpc) is 2.58. The van der Waals surface area contributed by atoms with Gasteiger partial charge in [0.15, 0.2) is 0 Å². The lowest BCUT2D eigenvalue weighted by molar-refractivity contribution is -0.155. The maximum atomic E-state index is 11.7. The first-order valence-corrected chi connectivity index (χ1v) is 6.48. The zero-order valence-corrected chi connectivity index (χ0v) is 12.2. The van der Waals surface area contributed by atoms with Crippen molar-refractivity contribution in [1.82, 2.24) is 9.78 Å². The summed E-state index contributed by atoms with van der Waals surface area (Å²) >= 11 is 3.43. The summed E-state index contributed by atoms with van der Waals surface area (Å²) in [4.78, 5) is 11.7. The summed E-state index contributed by atoms with van der Waals surface area (Å²) in [6.45, 7) is 5.67. The SMILES string of the molecule is CC(C)(C)OC(=O)Cn1cc2cccc(Br)c2n1. The van der Waals surface area contributed by atoms with Crippen molar-refractivity contribution in [2.45, 2.75) is 32.9 Å². The number of rotatable bonds is 2. The molecule has 96 valence electrons. The molecule has 4 nitrogen and oxygen atoms in total. The monoisotopic (exact) mass is 310 g/mol. The molecular formula is C13H15BrN2O2. The summed E-state index contributed by atoms with van der Waals surface area (Å²) in [7, 11) is 0. The smallest absolute Gasteiger partial charge is 0.328 e. The topological polar surface area (TPSA) is 44.1 Å². The fourth-order valence-corrected chi connectivity index (χ4v) is 2.11. The number of benzene rings is 1. The molecule has 0 spiro atoms. The normalized spacial score (nSPS) is 11.8. The van der Waals surface area contributed by atoms with Crippen LogP contribution in [0.25, 0.3) is 10.9 Å². The quantitative estimate of drug-likeness (QED) is 0.800. The van der Waals surface area contributed by atoms with Gasteiger partial charge in [-0.2, -0.15) is 5.10 Å². The van der Waals surface area contributed by atoms with Gasteiger partial charge in [0.25, 0.3) is 0 Å². The fraction of sp³-hybridized carbons (Fsp3) is 0.385. The van der Waals surface area contributed by atoms with Crippen LogP contribution in [0.3, 0.4) is 0 Å². The summed E-state index contributed by atoms with van der Waals surface area (Å²) in [6.07, 6.45) is 1.84. The minimum absolute atomic E-state index is 0.123. The van der Waals surface area contributed by atoms with Gasteiger partial charge in [-0.3, -0.25) is 9.48 Å². The maximum absolute atomic E-state index is 11.7. The molecule has 0 aliphatic rings. The van der Waals surface area contributed by atoms with Gasteiger partial charge < -0.3 is 4.74 Å². The molecule has 0 bridgehead atoms.